The quantitative estimate of drug-likeness (QED) is 0.809. The zero-order valence-corrected chi connectivity index (χ0v) is 16.5. The van der Waals surface area contributed by atoms with Crippen LogP contribution in [-0.2, 0) is 4.79 Å². The number of carbonyl (C=O) groups excluding carboxylic acids is 1. The number of amides is 1. The van der Waals surface area contributed by atoms with Crippen LogP contribution in [0.1, 0.15) is 17.3 Å². The standard InChI is InChI=1S/C21H20N4O2S/c1-4-11-28-21-23-20(26)18-15-7-5-6-8-16(15)22-19(25(18)24-21)14-9-10-17(27-3)13(2)12-14/h4-10,12,19H,1,11H2,2-3H3,(H,23,24,26). The number of para-hydroxylation sites is 1. The van der Waals surface area contributed by atoms with Crippen molar-refractivity contribution in [3.63, 3.8) is 0 Å². The third kappa shape index (κ3) is 3.18. The third-order valence-corrected chi connectivity index (χ3v) is 5.43. The molecule has 0 aromatic heterocycles. The molecular weight excluding hydrogens is 372 g/mol. The van der Waals surface area contributed by atoms with Crippen molar-refractivity contribution in [2.45, 2.75) is 13.1 Å². The highest BCUT2D eigenvalue weighted by atomic mass is 32.2. The molecule has 1 amide bonds. The van der Waals surface area contributed by atoms with Crippen LogP contribution in [0, 0.1) is 6.92 Å². The Morgan fingerprint density at radius 2 is 2.14 bits per heavy atom. The average molecular weight is 392 g/mol. The fraction of sp³-hybridized carbons (Fsp3) is 0.190. The molecule has 0 saturated carbocycles. The number of carbonyl (C=O) groups is 1. The van der Waals surface area contributed by atoms with Gasteiger partial charge in [-0.25, -0.2) is 5.01 Å². The molecule has 2 aliphatic rings. The lowest BCUT2D eigenvalue weighted by Crippen LogP contribution is -2.50. The Morgan fingerprint density at radius 1 is 1.32 bits per heavy atom. The van der Waals surface area contributed by atoms with Crippen LogP contribution in [0.4, 0.5) is 0 Å². The van der Waals surface area contributed by atoms with Gasteiger partial charge in [0.1, 0.15) is 11.4 Å². The molecule has 28 heavy (non-hydrogen) atoms. The highest BCUT2D eigenvalue weighted by Crippen LogP contribution is 2.32. The smallest absolute Gasteiger partial charge is 0.276 e. The largest absolute Gasteiger partial charge is 0.496 e. The van der Waals surface area contributed by atoms with Crippen molar-refractivity contribution in [2.75, 3.05) is 12.9 Å². The monoisotopic (exact) mass is 392 g/mol. The summed E-state index contributed by atoms with van der Waals surface area (Å²) in [4.78, 5) is 17.8. The molecule has 0 radical (unpaired) electrons. The maximum Gasteiger partial charge on any atom is 0.276 e. The molecule has 0 bridgehead atoms. The fourth-order valence-electron chi connectivity index (χ4n) is 3.31. The Kier molecular flexibility index (Phi) is 4.92. The molecule has 1 N–H and O–H groups in total. The Hall–Kier alpha value is -3.06. The number of nitrogens with zero attached hydrogens (tertiary/aromatic N) is 3. The zero-order chi connectivity index (χ0) is 19.7. The number of benzene rings is 2. The SMILES string of the molecule is C=CCSC1=NN2C(=c3ccccc3=NC2c2ccc(OC)c(C)c2)C(=O)N1. The molecule has 0 spiro atoms. The number of methoxy groups -OCH3 is 1. The lowest BCUT2D eigenvalue weighted by atomic mass is 10.1. The van der Waals surface area contributed by atoms with E-state index in [2.05, 4.69) is 11.9 Å². The second kappa shape index (κ2) is 7.52. The van der Waals surface area contributed by atoms with E-state index in [1.165, 1.54) is 11.8 Å². The Bertz CT molecular complexity index is 1110. The summed E-state index contributed by atoms with van der Waals surface area (Å²) in [7, 11) is 1.65. The van der Waals surface area contributed by atoms with E-state index in [1.54, 1.807) is 18.2 Å². The first-order chi connectivity index (χ1) is 13.6. The van der Waals surface area contributed by atoms with Gasteiger partial charge in [0, 0.05) is 11.0 Å². The number of nitrogens with one attached hydrogen (secondary N) is 1. The number of amidine groups is 1. The molecule has 1 unspecified atom stereocenters. The molecule has 4 rings (SSSR count). The minimum Gasteiger partial charge on any atom is -0.496 e. The highest BCUT2D eigenvalue weighted by molar-refractivity contribution is 8.14. The van der Waals surface area contributed by atoms with Crippen LogP contribution in [0.5, 0.6) is 5.75 Å². The van der Waals surface area contributed by atoms with Crippen LogP contribution in [-0.4, -0.2) is 28.9 Å². The van der Waals surface area contributed by atoms with Crippen LogP contribution in [0.2, 0.25) is 0 Å². The van der Waals surface area contributed by atoms with Gasteiger partial charge in [-0.05, 0) is 36.2 Å². The van der Waals surface area contributed by atoms with E-state index in [1.807, 2.05) is 49.4 Å². The molecule has 0 fully saturated rings. The topological polar surface area (TPSA) is 66.3 Å². The Balaban J connectivity index is 1.89. The number of hydrogen-bond acceptors (Lipinski definition) is 6. The van der Waals surface area contributed by atoms with Gasteiger partial charge in [0.15, 0.2) is 11.3 Å². The molecule has 142 valence electrons. The van der Waals surface area contributed by atoms with E-state index in [4.69, 9.17) is 14.8 Å². The third-order valence-electron chi connectivity index (χ3n) is 4.57. The van der Waals surface area contributed by atoms with E-state index >= 15 is 0 Å². The van der Waals surface area contributed by atoms with E-state index < -0.39 is 6.17 Å². The average Bonchev–Trinajstić information content (AvgIpc) is 2.71. The van der Waals surface area contributed by atoms with Crippen molar-refractivity contribution in [2.24, 2.45) is 10.1 Å². The molecule has 6 nitrogen and oxygen atoms in total. The molecule has 2 aromatic rings. The number of fused-ring (bicyclic) bond motifs is 2. The predicted molar refractivity (Wildman–Crippen MR) is 111 cm³/mol. The van der Waals surface area contributed by atoms with Gasteiger partial charge in [-0.2, -0.15) is 0 Å². The van der Waals surface area contributed by atoms with Crippen molar-refractivity contribution in [3.05, 3.63) is 76.8 Å². The molecule has 2 aliphatic heterocycles. The molecule has 2 heterocycles. The Morgan fingerprint density at radius 3 is 2.89 bits per heavy atom. The number of hydrogen-bond donors (Lipinski definition) is 1. The fourth-order valence-corrected chi connectivity index (χ4v) is 3.90. The van der Waals surface area contributed by atoms with Crippen LogP contribution in [0.25, 0.3) is 5.70 Å². The van der Waals surface area contributed by atoms with Gasteiger partial charge in [0.05, 0.1) is 12.5 Å². The van der Waals surface area contributed by atoms with E-state index in [-0.39, 0.29) is 5.91 Å². The molecule has 7 heteroatoms. The highest BCUT2D eigenvalue weighted by Gasteiger charge is 2.34. The summed E-state index contributed by atoms with van der Waals surface area (Å²) in [5.74, 6) is 1.29. The maximum absolute atomic E-state index is 12.9. The van der Waals surface area contributed by atoms with Gasteiger partial charge >= 0.3 is 0 Å². The lowest BCUT2D eigenvalue weighted by molar-refractivity contribution is -0.116. The van der Waals surface area contributed by atoms with Crippen molar-refractivity contribution in [1.82, 2.24) is 10.3 Å². The number of ether oxygens (including phenoxy) is 1. The van der Waals surface area contributed by atoms with Crippen molar-refractivity contribution in [1.29, 1.82) is 0 Å². The van der Waals surface area contributed by atoms with Crippen molar-refractivity contribution in [3.8, 4) is 5.75 Å². The second-order valence-electron chi connectivity index (χ2n) is 6.40. The number of aryl methyl sites for hydroxylation is 1. The van der Waals surface area contributed by atoms with E-state index in [0.29, 0.717) is 16.6 Å². The van der Waals surface area contributed by atoms with Gasteiger partial charge in [0.2, 0.25) is 0 Å². The second-order valence-corrected chi connectivity index (χ2v) is 7.41. The van der Waals surface area contributed by atoms with Crippen molar-refractivity contribution >= 4 is 28.5 Å². The number of thioether (sulfide) groups is 1. The van der Waals surface area contributed by atoms with Gasteiger partial charge in [0.25, 0.3) is 5.91 Å². The first kappa shape index (κ1) is 18.3. The first-order valence-electron chi connectivity index (χ1n) is 8.87. The van der Waals surface area contributed by atoms with Gasteiger partial charge in [-0.1, -0.05) is 42.1 Å². The van der Waals surface area contributed by atoms with Crippen LogP contribution < -0.4 is 20.6 Å². The summed E-state index contributed by atoms with van der Waals surface area (Å²) in [5.41, 5.74) is 2.45. The zero-order valence-electron chi connectivity index (χ0n) is 15.7. The summed E-state index contributed by atoms with van der Waals surface area (Å²) in [5, 5.41) is 11.4. The van der Waals surface area contributed by atoms with Gasteiger partial charge in [-0.3, -0.25) is 15.1 Å². The van der Waals surface area contributed by atoms with Crippen LogP contribution in [0.3, 0.4) is 0 Å². The molecule has 2 aromatic carbocycles. The van der Waals surface area contributed by atoms with Gasteiger partial charge < -0.3 is 4.74 Å². The van der Waals surface area contributed by atoms with Gasteiger partial charge in [-0.15, -0.1) is 11.7 Å². The lowest BCUT2D eigenvalue weighted by Gasteiger charge is -2.34. The summed E-state index contributed by atoms with van der Waals surface area (Å²) >= 11 is 1.43. The number of hydrazone groups is 1. The minimum absolute atomic E-state index is 0.181. The van der Waals surface area contributed by atoms with Crippen LogP contribution in [0.15, 0.2) is 65.2 Å². The van der Waals surface area contributed by atoms with Crippen LogP contribution >= 0.6 is 11.8 Å². The molecule has 0 aliphatic carbocycles. The summed E-state index contributed by atoms with van der Waals surface area (Å²) < 4.78 is 5.37. The molecular formula is C21H20N4O2S. The van der Waals surface area contributed by atoms with Crippen molar-refractivity contribution < 1.29 is 9.53 Å². The summed E-state index contributed by atoms with van der Waals surface area (Å²) in [6.07, 6.45) is 1.35. The molecule has 0 saturated heterocycles. The molecule has 1 atom stereocenters. The van der Waals surface area contributed by atoms with E-state index in [9.17, 15) is 4.79 Å². The minimum atomic E-state index is -0.431. The maximum atomic E-state index is 12.9. The summed E-state index contributed by atoms with van der Waals surface area (Å²) in [6.45, 7) is 5.71. The Labute approximate surface area is 167 Å². The predicted octanol–water partition coefficient (Wildman–Crippen LogP) is 2.07. The first-order valence-corrected chi connectivity index (χ1v) is 9.85. The van der Waals surface area contributed by atoms with E-state index in [0.717, 1.165) is 27.5 Å². The normalized spacial score (nSPS) is 17.7. The summed E-state index contributed by atoms with van der Waals surface area (Å²) in [6, 6.07) is 13.5. The number of rotatable bonds is 4.